The number of carbonyl (C=O) groups is 2. The topological polar surface area (TPSA) is 71.1 Å². The lowest BCUT2D eigenvalue weighted by molar-refractivity contribution is -0.114. The predicted molar refractivity (Wildman–Crippen MR) is 104 cm³/mol. The van der Waals surface area contributed by atoms with E-state index in [2.05, 4.69) is 15.6 Å². The number of rotatable bonds is 4. The van der Waals surface area contributed by atoms with Gasteiger partial charge in [0.25, 0.3) is 5.91 Å². The number of nitrogens with one attached hydrogen (secondary N) is 2. The van der Waals surface area contributed by atoms with E-state index >= 15 is 0 Å². The summed E-state index contributed by atoms with van der Waals surface area (Å²) < 4.78 is 0. The molecule has 0 unspecified atom stereocenters. The standard InChI is InChI=1S/C17H14ClN3O2S2/c1-9-15(25-17(19-9)11-5-6-24-8-11)16(23)21-12-3-4-14(13(18)7-12)20-10(2)22/h3-8H,1-2H3,(H,20,22)(H,21,23). The van der Waals surface area contributed by atoms with Crippen molar-refractivity contribution in [1.82, 2.24) is 4.98 Å². The van der Waals surface area contributed by atoms with Crippen molar-refractivity contribution in [3.63, 3.8) is 0 Å². The van der Waals surface area contributed by atoms with Gasteiger partial charge in [0.1, 0.15) is 9.88 Å². The van der Waals surface area contributed by atoms with Gasteiger partial charge in [-0.1, -0.05) is 11.6 Å². The van der Waals surface area contributed by atoms with Gasteiger partial charge in [-0.3, -0.25) is 9.59 Å². The summed E-state index contributed by atoms with van der Waals surface area (Å²) in [7, 11) is 0. The second kappa shape index (κ2) is 7.35. The molecule has 25 heavy (non-hydrogen) atoms. The molecule has 128 valence electrons. The number of hydrogen-bond donors (Lipinski definition) is 2. The van der Waals surface area contributed by atoms with E-state index in [0.29, 0.717) is 27.0 Å². The van der Waals surface area contributed by atoms with Gasteiger partial charge in [0.05, 0.1) is 16.4 Å². The lowest BCUT2D eigenvalue weighted by Crippen LogP contribution is -2.12. The van der Waals surface area contributed by atoms with Gasteiger partial charge < -0.3 is 10.6 Å². The first kappa shape index (κ1) is 17.6. The largest absolute Gasteiger partial charge is 0.325 e. The number of anilines is 2. The molecule has 2 N–H and O–H groups in total. The number of benzene rings is 1. The van der Waals surface area contributed by atoms with Crippen LogP contribution in [0.3, 0.4) is 0 Å². The molecule has 1 aromatic carbocycles. The van der Waals surface area contributed by atoms with E-state index in [1.807, 2.05) is 23.8 Å². The van der Waals surface area contributed by atoms with E-state index in [9.17, 15) is 9.59 Å². The Balaban J connectivity index is 1.79. The van der Waals surface area contributed by atoms with Crippen molar-refractivity contribution < 1.29 is 9.59 Å². The first-order chi connectivity index (χ1) is 11.9. The van der Waals surface area contributed by atoms with Crippen LogP contribution in [0.25, 0.3) is 10.6 Å². The third kappa shape index (κ3) is 4.07. The minimum Gasteiger partial charge on any atom is -0.325 e. The molecule has 0 atom stereocenters. The van der Waals surface area contributed by atoms with Crippen LogP contribution in [0.15, 0.2) is 35.0 Å². The Morgan fingerprint density at radius 2 is 2.00 bits per heavy atom. The van der Waals surface area contributed by atoms with Crippen molar-refractivity contribution >= 4 is 57.5 Å². The van der Waals surface area contributed by atoms with E-state index in [-0.39, 0.29) is 11.8 Å². The lowest BCUT2D eigenvalue weighted by Gasteiger charge is -2.08. The average molecular weight is 392 g/mol. The number of thiophene rings is 1. The molecule has 3 rings (SSSR count). The van der Waals surface area contributed by atoms with Gasteiger partial charge in [0.15, 0.2) is 0 Å². The molecular formula is C17H14ClN3O2S2. The summed E-state index contributed by atoms with van der Waals surface area (Å²) in [5.41, 5.74) is 2.75. The molecule has 0 spiro atoms. The van der Waals surface area contributed by atoms with Crippen LogP contribution in [-0.4, -0.2) is 16.8 Å². The van der Waals surface area contributed by atoms with Crippen molar-refractivity contribution in [3.05, 3.63) is 50.6 Å². The monoisotopic (exact) mass is 391 g/mol. The predicted octanol–water partition coefficient (Wildman–Crippen LogP) is 5.04. The van der Waals surface area contributed by atoms with E-state index in [0.717, 1.165) is 10.6 Å². The first-order valence-corrected chi connectivity index (χ1v) is 9.46. The van der Waals surface area contributed by atoms with Crippen molar-refractivity contribution in [2.24, 2.45) is 0 Å². The Morgan fingerprint density at radius 1 is 1.20 bits per heavy atom. The van der Waals surface area contributed by atoms with Gasteiger partial charge in [-0.25, -0.2) is 4.98 Å². The number of aromatic nitrogens is 1. The molecule has 0 fully saturated rings. The van der Waals surface area contributed by atoms with Crippen LogP contribution in [0.5, 0.6) is 0 Å². The first-order valence-electron chi connectivity index (χ1n) is 7.32. The number of hydrogen-bond acceptors (Lipinski definition) is 5. The zero-order chi connectivity index (χ0) is 18.0. The Bertz CT molecular complexity index is 936. The third-order valence-electron chi connectivity index (χ3n) is 3.31. The normalized spacial score (nSPS) is 10.5. The average Bonchev–Trinajstić information content (AvgIpc) is 3.18. The minimum atomic E-state index is -0.236. The van der Waals surface area contributed by atoms with Gasteiger partial charge in [-0.2, -0.15) is 11.3 Å². The number of thiazole rings is 1. The molecule has 0 bridgehead atoms. The highest BCUT2D eigenvalue weighted by molar-refractivity contribution is 7.17. The van der Waals surface area contributed by atoms with Gasteiger partial charge >= 0.3 is 0 Å². The van der Waals surface area contributed by atoms with Crippen LogP contribution in [0, 0.1) is 6.92 Å². The summed E-state index contributed by atoms with van der Waals surface area (Å²) in [4.78, 5) is 28.7. The summed E-state index contributed by atoms with van der Waals surface area (Å²) in [5, 5.41) is 10.6. The van der Waals surface area contributed by atoms with Gasteiger partial charge in [-0.15, -0.1) is 11.3 Å². The summed E-state index contributed by atoms with van der Waals surface area (Å²) >= 11 is 9.07. The second-order valence-corrected chi connectivity index (χ2v) is 7.46. The number of carbonyl (C=O) groups excluding carboxylic acids is 2. The van der Waals surface area contributed by atoms with Crippen LogP contribution in [0.2, 0.25) is 5.02 Å². The van der Waals surface area contributed by atoms with Crippen LogP contribution in [0.4, 0.5) is 11.4 Å². The summed E-state index contributed by atoms with van der Waals surface area (Å²) in [6.45, 7) is 3.22. The molecule has 0 aliphatic carbocycles. The number of aryl methyl sites for hydroxylation is 1. The molecule has 2 heterocycles. The summed E-state index contributed by atoms with van der Waals surface area (Å²) in [6, 6.07) is 6.91. The fraction of sp³-hybridized carbons (Fsp3) is 0.118. The quantitative estimate of drug-likeness (QED) is 0.654. The molecule has 0 aliphatic rings. The summed E-state index contributed by atoms with van der Waals surface area (Å²) in [6.07, 6.45) is 0. The second-order valence-electron chi connectivity index (χ2n) is 5.28. The molecule has 0 saturated carbocycles. The molecule has 2 amide bonds. The number of amides is 2. The fourth-order valence-electron chi connectivity index (χ4n) is 2.19. The van der Waals surface area contributed by atoms with E-state index < -0.39 is 0 Å². The molecule has 0 saturated heterocycles. The van der Waals surface area contributed by atoms with Crippen molar-refractivity contribution in [3.8, 4) is 10.6 Å². The van der Waals surface area contributed by atoms with Crippen LogP contribution < -0.4 is 10.6 Å². The maximum absolute atomic E-state index is 12.5. The fourth-order valence-corrected chi connectivity index (χ4v) is 4.09. The number of halogens is 1. The van der Waals surface area contributed by atoms with Crippen molar-refractivity contribution in [1.29, 1.82) is 0 Å². The Kier molecular flexibility index (Phi) is 5.17. The molecule has 0 radical (unpaired) electrons. The van der Waals surface area contributed by atoms with E-state index in [1.54, 1.807) is 29.5 Å². The Labute approximate surface area is 157 Å². The molecule has 2 aromatic heterocycles. The highest BCUT2D eigenvalue weighted by Crippen LogP contribution is 2.30. The maximum Gasteiger partial charge on any atom is 0.267 e. The Hall–Kier alpha value is -2.22. The zero-order valence-electron chi connectivity index (χ0n) is 13.4. The minimum absolute atomic E-state index is 0.208. The number of nitrogens with zero attached hydrogens (tertiary/aromatic N) is 1. The molecule has 5 nitrogen and oxygen atoms in total. The smallest absolute Gasteiger partial charge is 0.267 e. The molecule has 0 aliphatic heterocycles. The zero-order valence-corrected chi connectivity index (χ0v) is 15.8. The lowest BCUT2D eigenvalue weighted by atomic mass is 10.2. The highest BCUT2D eigenvalue weighted by Gasteiger charge is 2.17. The highest BCUT2D eigenvalue weighted by atomic mass is 35.5. The van der Waals surface area contributed by atoms with Crippen LogP contribution in [-0.2, 0) is 4.79 Å². The summed E-state index contributed by atoms with van der Waals surface area (Å²) in [5.74, 6) is -0.445. The molecule has 3 aromatic rings. The molecule has 8 heteroatoms. The SMILES string of the molecule is CC(=O)Nc1ccc(NC(=O)c2sc(-c3ccsc3)nc2C)cc1Cl. The van der Waals surface area contributed by atoms with E-state index in [1.165, 1.54) is 18.3 Å². The van der Waals surface area contributed by atoms with Crippen molar-refractivity contribution in [2.75, 3.05) is 10.6 Å². The van der Waals surface area contributed by atoms with Crippen LogP contribution in [0.1, 0.15) is 22.3 Å². The van der Waals surface area contributed by atoms with Gasteiger partial charge in [-0.05, 0) is 36.6 Å². The third-order valence-corrected chi connectivity index (χ3v) is 5.51. The van der Waals surface area contributed by atoms with Gasteiger partial charge in [0.2, 0.25) is 5.91 Å². The van der Waals surface area contributed by atoms with Gasteiger partial charge in [0, 0.05) is 23.6 Å². The Morgan fingerprint density at radius 3 is 2.64 bits per heavy atom. The van der Waals surface area contributed by atoms with E-state index in [4.69, 9.17) is 11.6 Å². The van der Waals surface area contributed by atoms with Crippen LogP contribution >= 0.6 is 34.3 Å². The van der Waals surface area contributed by atoms with Crippen molar-refractivity contribution in [2.45, 2.75) is 13.8 Å². The molecular weight excluding hydrogens is 378 g/mol. The maximum atomic E-state index is 12.5.